The third-order valence-corrected chi connectivity index (χ3v) is 11.6. The van der Waals surface area contributed by atoms with Crippen molar-refractivity contribution in [2.24, 2.45) is 20.0 Å². The summed E-state index contributed by atoms with van der Waals surface area (Å²) in [7, 11) is 1.40. The van der Waals surface area contributed by atoms with Gasteiger partial charge in [-0.2, -0.15) is 24.1 Å². The number of nitrogens with zero attached hydrogens (tertiary/aromatic N) is 8. The number of anilines is 2. The van der Waals surface area contributed by atoms with Gasteiger partial charge in [-0.05, 0) is 36.2 Å². The number of amides is 1. The van der Waals surface area contributed by atoms with Crippen molar-refractivity contribution in [2.45, 2.75) is 36.8 Å². The molecular weight excluding hydrogens is 841 g/mol. The van der Waals surface area contributed by atoms with Crippen molar-refractivity contribution in [3.8, 4) is 34.4 Å². The molecule has 1 amide bonds. The van der Waals surface area contributed by atoms with Gasteiger partial charge in [0, 0.05) is 47.6 Å². The number of sulfonamides is 1. The van der Waals surface area contributed by atoms with Gasteiger partial charge in [0.15, 0.2) is 17.5 Å². The maximum Gasteiger partial charge on any atom is 0.304 e. The van der Waals surface area contributed by atoms with Crippen molar-refractivity contribution < 1.29 is 35.2 Å². The molecule has 5 atom stereocenters. The molecule has 7 aromatic rings. The molecule has 21 heteroatoms. The van der Waals surface area contributed by atoms with Gasteiger partial charge in [-0.1, -0.05) is 45.3 Å². The molecule has 2 aliphatic carbocycles. The summed E-state index contributed by atoms with van der Waals surface area (Å²) in [5.41, 5.74) is 7.81. The van der Waals surface area contributed by atoms with Crippen molar-refractivity contribution in [3.05, 3.63) is 101 Å². The van der Waals surface area contributed by atoms with Crippen LogP contribution in [0.3, 0.4) is 0 Å². The summed E-state index contributed by atoms with van der Waals surface area (Å²) < 4.78 is 107. The van der Waals surface area contributed by atoms with E-state index in [2.05, 4.69) is 37.2 Å². The highest BCUT2D eigenvalue weighted by atomic mass is 32.2. The maximum atomic E-state index is 15.7. The zero-order chi connectivity index (χ0) is 43.3. The lowest BCUT2D eigenvalue weighted by molar-refractivity contribution is -0.123. The third-order valence-electron chi connectivity index (χ3n) is 10.7. The van der Waals surface area contributed by atoms with Gasteiger partial charge in [-0.3, -0.25) is 28.5 Å². The Morgan fingerprint density at radius 2 is 1.64 bits per heavy atom. The predicted molar refractivity (Wildman–Crippen MR) is 219 cm³/mol. The lowest BCUT2D eigenvalue weighted by Crippen LogP contribution is -2.36. The zero-order valence-electron chi connectivity index (χ0n) is 32.3. The number of alkyl halides is 3. The number of carbonyl (C=O) groups excluding carboxylic acids is 1. The molecule has 3 aromatic carbocycles. The first-order chi connectivity index (χ1) is 28.9. The van der Waals surface area contributed by atoms with Crippen molar-refractivity contribution in [1.29, 1.82) is 0 Å². The second-order valence-corrected chi connectivity index (χ2v) is 17.3. The van der Waals surface area contributed by atoms with Gasteiger partial charge >= 0.3 is 5.92 Å². The number of carbonyl (C=O) groups is 1. The second-order valence-electron chi connectivity index (χ2n) is 14.9. The van der Waals surface area contributed by atoms with Gasteiger partial charge in [-0.25, -0.2) is 26.6 Å². The maximum absolute atomic E-state index is 15.7. The summed E-state index contributed by atoms with van der Waals surface area (Å²) in [6.45, 7) is -0.800. The second kappa shape index (κ2) is 14.3. The lowest BCUT2D eigenvalue weighted by Gasteiger charge is -2.24. The van der Waals surface area contributed by atoms with Crippen LogP contribution in [0.15, 0.2) is 60.8 Å². The third kappa shape index (κ3) is 6.81. The van der Waals surface area contributed by atoms with E-state index in [-0.39, 0.29) is 46.3 Å². The molecule has 61 heavy (non-hydrogen) atoms. The van der Waals surface area contributed by atoms with Crippen LogP contribution < -0.4 is 15.8 Å². The minimum Gasteiger partial charge on any atom is -0.382 e. The quantitative estimate of drug-likeness (QED) is 0.0826. The minimum atomic E-state index is -3.78. The van der Waals surface area contributed by atoms with Crippen LogP contribution in [0.5, 0.6) is 0 Å². The topological polar surface area (TPSA) is 181 Å². The number of benzene rings is 3. The molecule has 14 nitrogen and oxygen atoms in total. The average molecular weight is 874 g/mol. The van der Waals surface area contributed by atoms with Crippen LogP contribution in [0.4, 0.5) is 33.6 Å². The monoisotopic (exact) mass is 873 g/mol. The highest BCUT2D eigenvalue weighted by Crippen LogP contribution is 2.57. The number of hydrogen-bond donors (Lipinski definition) is 3. The Bertz CT molecular complexity index is 3150. The van der Waals surface area contributed by atoms with Crippen LogP contribution in [-0.2, 0) is 47.8 Å². The Kier molecular flexibility index (Phi) is 9.40. The van der Waals surface area contributed by atoms with Crippen molar-refractivity contribution in [3.63, 3.8) is 0 Å². The Morgan fingerprint density at radius 1 is 0.967 bits per heavy atom. The smallest absolute Gasteiger partial charge is 0.304 e. The standard InChI is InChI=1S/C40H33F5N11O3PS/c1-54-34-22(6-4-8-24(34)38(46)51-54)28-16-47-32(31(49-28)23-7-5-9-25-35(23)55(2)52-39(25)53-61(3,58)59)27(14-18-12-19(41)15-20(42)13-18)48-29(57)17-56-36-30(33(50-56)37(43)60)21-10-11-26(21)40(36,44)45/h4-9,12-13,15-16,21,26-27,37H,14,17,60H2,1-3H3,(H2,46,51)(H,48,57)(H,52,53)/t21-,26+,27?,37?/m0/s1. The number of aryl methyl sites for hydroxylation is 2. The van der Waals surface area contributed by atoms with Gasteiger partial charge in [0.05, 0.1) is 52.5 Å². The molecule has 0 fully saturated rings. The summed E-state index contributed by atoms with van der Waals surface area (Å²) in [6.07, 6.45) is 2.13. The number of aromatic nitrogens is 8. The summed E-state index contributed by atoms with van der Waals surface area (Å²) in [4.78, 5) is 24.1. The predicted octanol–water partition coefficient (Wildman–Crippen LogP) is 5.78. The molecule has 0 aliphatic heterocycles. The Labute approximate surface area is 346 Å². The number of hydrogen-bond acceptors (Lipinski definition) is 9. The number of nitrogen functional groups attached to an aromatic ring is 1. The van der Waals surface area contributed by atoms with E-state index in [9.17, 15) is 26.4 Å². The van der Waals surface area contributed by atoms with E-state index in [4.69, 9.17) is 15.7 Å². The highest BCUT2D eigenvalue weighted by Gasteiger charge is 2.60. The van der Waals surface area contributed by atoms with Gasteiger partial charge in [0.1, 0.15) is 35.5 Å². The Morgan fingerprint density at radius 3 is 2.31 bits per heavy atom. The van der Waals surface area contributed by atoms with Crippen molar-refractivity contribution in [1.82, 2.24) is 44.6 Å². The molecule has 9 rings (SSSR count). The van der Waals surface area contributed by atoms with Gasteiger partial charge in [0.25, 0.3) is 0 Å². The molecular formula is C40H33F5N11O3PS. The van der Waals surface area contributed by atoms with Crippen molar-refractivity contribution in [2.75, 3.05) is 16.7 Å². The zero-order valence-corrected chi connectivity index (χ0v) is 34.2. The molecule has 0 bridgehead atoms. The molecule has 4 N–H and O–H groups in total. The van der Waals surface area contributed by atoms with Gasteiger partial charge in [0.2, 0.25) is 15.9 Å². The highest BCUT2D eigenvalue weighted by molar-refractivity contribution is 7.92. The first kappa shape index (κ1) is 40.0. The fraction of sp³-hybridized carbons (Fsp3) is 0.250. The summed E-state index contributed by atoms with van der Waals surface area (Å²) in [5.74, 6) is -4.95. The van der Waals surface area contributed by atoms with Gasteiger partial charge in [-0.15, -0.1) is 0 Å². The molecule has 0 radical (unpaired) electrons. The van der Waals surface area contributed by atoms with Crippen LogP contribution >= 0.6 is 9.24 Å². The van der Waals surface area contributed by atoms with E-state index in [0.717, 1.165) is 23.1 Å². The van der Waals surface area contributed by atoms with Crippen LogP contribution in [0.25, 0.3) is 44.3 Å². The van der Waals surface area contributed by atoms with Crippen LogP contribution in [0.2, 0.25) is 0 Å². The lowest BCUT2D eigenvalue weighted by atomic mass is 9.84. The van der Waals surface area contributed by atoms with Crippen LogP contribution in [0.1, 0.15) is 46.1 Å². The normalized spacial score (nSPS) is 17.3. The van der Waals surface area contributed by atoms with E-state index in [1.54, 1.807) is 55.2 Å². The Balaban J connectivity index is 1.22. The number of nitrogens with one attached hydrogen (secondary N) is 2. The fourth-order valence-electron chi connectivity index (χ4n) is 8.29. The average Bonchev–Trinajstić information content (AvgIpc) is 3.82. The van der Waals surface area contributed by atoms with Crippen LogP contribution in [-0.4, -0.2) is 59.9 Å². The molecule has 2 aliphatic rings. The molecule has 3 unspecified atom stereocenters. The van der Waals surface area contributed by atoms with E-state index >= 15 is 8.78 Å². The molecule has 0 saturated carbocycles. The number of halogens is 5. The number of para-hydroxylation sites is 2. The Hall–Kier alpha value is -6.45. The molecule has 312 valence electrons. The first-order valence-electron chi connectivity index (χ1n) is 18.6. The summed E-state index contributed by atoms with van der Waals surface area (Å²) in [5, 5.41) is 16.7. The van der Waals surface area contributed by atoms with Crippen molar-refractivity contribution >= 4 is 58.6 Å². The number of rotatable bonds is 11. The largest absolute Gasteiger partial charge is 0.382 e. The SMILES string of the molecule is Cn1nc(N)c2cccc(-c3cnc(C(Cc4cc(F)cc(F)c4)NC(=O)Cn4nc(C(F)P)c5c4C(F)(F)[C@@H]4C#C[C@H]54)c(-c4cccc5c(NS(C)(=O)=O)nn(C)c45)n3)c21. The van der Waals surface area contributed by atoms with Crippen LogP contribution in [0, 0.1) is 29.4 Å². The van der Waals surface area contributed by atoms with Gasteiger partial charge < -0.3 is 11.1 Å². The fourth-order valence-corrected chi connectivity index (χ4v) is 9.04. The number of fused-ring (bicyclic) bond motifs is 5. The molecule has 4 aromatic heterocycles. The first-order valence-corrected chi connectivity index (χ1v) is 21.1. The molecule has 0 spiro atoms. The molecule has 0 saturated heterocycles. The van der Waals surface area contributed by atoms with E-state index in [1.165, 1.54) is 10.9 Å². The minimum absolute atomic E-state index is 0.0190. The summed E-state index contributed by atoms with van der Waals surface area (Å²) >= 11 is 0. The number of nitrogens with two attached hydrogens (primary N) is 1. The van der Waals surface area contributed by atoms with E-state index < -0.39 is 69.5 Å². The summed E-state index contributed by atoms with van der Waals surface area (Å²) in [6, 6.07) is 11.9. The molecule has 4 heterocycles. The van der Waals surface area contributed by atoms with E-state index in [0.29, 0.717) is 44.7 Å². The van der Waals surface area contributed by atoms with E-state index in [1.807, 2.05) is 9.24 Å².